The molecule has 0 spiro atoms. The van der Waals surface area contributed by atoms with Gasteiger partial charge in [0.1, 0.15) is 11.0 Å². The van der Waals surface area contributed by atoms with Gasteiger partial charge in [0.15, 0.2) is 0 Å². The average molecular weight is 321 g/mol. The van der Waals surface area contributed by atoms with Gasteiger partial charge in [-0.05, 0) is 30.3 Å². The van der Waals surface area contributed by atoms with Gasteiger partial charge in [-0.3, -0.25) is 4.79 Å². The molecule has 0 fully saturated rings. The van der Waals surface area contributed by atoms with Gasteiger partial charge in [0.25, 0.3) is 0 Å². The van der Waals surface area contributed by atoms with Crippen LogP contribution in [0.4, 0.5) is 0 Å². The van der Waals surface area contributed by atoms with Crippen molar-refractivity contribution in [2.45, 2.75) is 10.1 Å². The Bertz CT molecular complexity index is 595. The van der Waals surface area contributed by atoms with Crippen molar-refractivity contribution in [1.82, 2.24) is 0 Å². The Labute approximate surface area is 117 Å². The minimum absolute atomic E-state index is 0.191. The predicted octanol–water partition coefficient (Wildman–Crippen LogP) is 4.20. The number of ether oxygens (including phenoxy) is 1. The molecule has 0 aliphatic carbocycles. The van der Waals surface area contributed by atoms with Gasteiger partial charge < -0.3 is 4.74 Å². The molecule has 0 saturated carbocycles. The molecule has 1 atom stereocenters. The molecule has 0 radical (unpaired) electrons. The van der Waals surface area contributed by atoms with Crippen LogP contribution in [0.1, 0.15) is 10.8 Å². The topological polar surface area (TPSA) is 26.3 Å². The first-order chi connectivity index (χ1) is 8.74. The SMILES string of the molecule is O=C1Oc2ccccc2C1Sc1ccc(Br)cc1. The molecule has 1 aliphatic rings. The minimum atomic E-state index is -0.262. The van der Waals surface area contributed by atoms with Gasteiger partial charge in [0.05, 0.1) is 0 Å². The van der Waals surface area contributed by atoms with E-state index in [1.165, 1.54) is 11.8 Å². The molecule has 18 heavy (non-hydrogen) atoms. The van der Waals surface area contributed by atoms with E-state index in [-0.39, 0.29) is 11.2 Å². The smallest absolute Gasteiger partial charge is 0.329 e. The Morgan fingerprint density at radius 1 is 1.06 bits per heavy atom. The van der Waals surface area contributed by atoms with E-state index in [1.807, 2.05) is 48.5 Å². The molecule has 0 bridgehead atoms. The number of benzene rings is 2. The maximum atomic E-state index is 11.9. The van der Waals surface area contributed by atoms with Gasteiger partial charge in [0, 0.05) is 14.9 Å². The first-order valence-corrected chi connectivity index (χ1v) is 7.14. The molecule has 0 aromatic heterocycles. The molecule has 1 unspecified atom stereocenters. The summed E-state index contributed by atoms with van der Waals surface area (Å²) in [6, 6.07) is 15.5. The zero-order chi connectivity index (χ0) is 12.5. The Kier molecular flexibility index (Phi) is 3.14. The molecule has 90 valence electrons. The maximum Gasteiger partial charge on any atom is 0.329 e. The van der Waals surface area contributed by atoms with Crippen LogP contribution in [0.3, 0.4) is 0 Å². The number of halogens is 1. The number of fused-ring (bicyclic) bond motifs is 1. The predicted molar refractivity (Wildman–Crippen MR) is 74.8 cm³/mol. The van der Waals surface area contributed by atoms with E-state index in [1.54, 1.807) is 0 Å². The molecule has 2 aromatic carbocycles. The first-order valence-electron chi connectivity index (χ1n) is 5.47. The second-order valence-corrected chi connectivity index (χ2v) is 6.00. The molecule has 1 heterocycles. The van der Waals surface area contributed by atoms with Crippen molar-refractivity contribution in [1.29, 1.82) is 0 Å². The highest BCUT2D eigenvalue weighted by Gasteiger charge is 2.33. The largest absolute Gasteiger partial charge is 0.425 e. The molecule has 2 aromatic rings. The van der Waals surface area contributed by atoms with E-state index in [0.29, 0.717) is 5.75 Å². The van der Waals surface area contributed by atoms with E-state index in [2.05, 4.69) is 15.9 Å². The monoisotopic (exact) mass is 320 g/mol. The van der Waals surface area contributed by atoms with Gasteiger partial charge in [-0.2, -0.15) is 0 Å². The van der Waals surface area contributed by atoms with E-state index in [9.17, 15) is 4.79 Å². The molecular formula is C14H9BrO2S. The molecule has 4 heteroatoms. The summed E-state index contributed by atoms with van der Waals surface area (Å²) in [5.74, 6) is 0.487. The van der Waals surface area contributed by atoms with Crippen LogP contribution in [0, 0.1) is 0 Å². The molecule has 1 aliphatic heterocycles. The normalized spacial score (nSPS) is 17.4. The molecule has 0 N–H and O–H groups in total. The first kappa shape index (κ1) is 11.8. The van der Waals surface area contributed by atoms with Gasteiger partial charge in [0.2, 0.25) is 0 Å². The number of rotatable bonds is 2. The number of para-hydroxylation sites is 1. The summed E-state index contributed by atoms with van der Waals surface area (Å²) in [7, 11) is 0. The average Bonchev–Trinajstić information content (AvgIpc) is 2.69. The van der Waals surface area contributed by atoms with Crippen LogP contribution in [0.25, 0.3) is 0 Å². The van der Waals surface area contributed by atoms with Gasteiger partial charge >= 0.3 is 5.97 Å². The van der Waals surface area contributed by atoms with Crippen LogP contribution in [0.2, 0.25) is 0 Å². The summed E-state index contributed by atoms with van der Waals surface area (Å²) in [6.45, 7) is 0. The van der Waals surface area contributed by atoms with E-state index in [0.717, 1.165) is 14.9 Å². The fourth-order valence-corrected chi connectivity index (χ4v) is 3.14. The summed E-state index contributed by atoms with van der Waals surface area (Å²) in [6.07, 6.45) is 0. The number of hydrogen-bond acceptors (Lipinski definition) is 3. The highest BCUT2D eigenvalue weighted by Crippen LogP contribution is 2.44. The molecule has 0 saturated heterocycles. The molecule has 2 nitrogen and oxygen atoms in total. The number of esters is 1. The third-order valence-electron chi connectivity index (χ3n) is 2.69. The number of carbonyl (C=O) groups is 1. The van der Waals surface area contributed by atoms with Crippen LogP contribution in [-0.2, 0) is 4.79 Å². The fourth-order valence-electron chi connectivity index (χ4n) is 1.84. The third kappa shape index (κ3) is 2.18. The highest BCUT2D eigenvalue weighted by molar-refractivity contribution is 9.10. The van der Waals surface area contributed by atoms with Gasteiger partial charge in [-0.15, -0.1) is 11.8 Å². The number of thioether (sulfide) groups is 1. The summed E-state index contributed by atoms with van der Waals surface area (Å²) < 4.78 is 6.28. The van der Waals surface area contributed by atoms with Crippen molar-refractivity contribution in [2.24, 2.45) is 0 Å². The Hall–Kier alpha value is -1.26. The van der Waals surface area contributed by atoms with Gasteiger partial charge in [-0.25, -0.2) is 0 Å². The standard InChI is InChI=1S/C14H9BrO2S/c15-9-5-7-10(8-6-9)18-13-11-3-1-2-4-12(11)17-14(13)16/h1-8,13H. The number of hydrogen-bond donors (Lipinski definition) is 0. The minimum Gasteiger partial charge on any atom is -0.425 e. The maximum absolute atomic E-state index is 11.9. The second kappa shape index (κ2) is 4.78. The Morgan fingerprint density at radius 3 is 2.56 bits per heavy atom. The van der Waals surface area contributed by atoms with E-state index < -0.39 is 0 Å². The lowest BCUT2D eigenvalue weighted by Crippen LogP contribution is -2.06. The van der Waals surface area contributed by atoms with Crippen molar-refractivity contribution in [3.05, 3.63) is 58.6 Å². The quantitative estimate of drug-likeness (QED) is 0.612. The number of carbonyl (C=O) groups excluding carboxylic acids is 1. The van der Waals surface area contributed by atoms with Crippen LogP contribution in [0.5, 0.6) is 5.75 Å². The van der Waals surface area contributed by atoms with Crippen molar-refractivity contribution in [3.8, 4) is 5.75 Å². The fraction of sp³-hybridized carbons (Fsp3) is 0.0714. The third-order valence-corrected chi connectivity index (χ3v) is 4.45. The van der Waals surface area contributed by atoms with Crippen molar-refractivity contribution < 1.29 is 9.53 Å². The van der Waals surface area contributed by atoms with Gasteiger partial charge in [-0.1, -0.05) is 34.1 Å². The van der Waals surface area contributed by atoms with Crippen molar-refractivity contribution in [3.63, 3.8) is 0 Å². The highest BCUT2D eigenvalue weighted by atomic mass is 79.9. The molecular weight excluding hydrogens is 312 g/mol. The summed E-state index contributed by atoms with van der Waals surface area (Å²) >= 11 is 4.91. The molecule has 0 amide bonds. The van der Waals surface area contributed by atoms with Crippen LogP contribution in [0.15, 0.2) is 57.9 Å². The van der Waals surface area contributed by atoms with E-state index in [4.69, 9.17) is 4.74 Å². The zero-order valence-corrected chi connectivity index (χ0v) is 11.7. The summed E-state index contributed by atoms with van der Waals surface area (Å²) in [5.41, 5.74) is 0.954. The lowest BCUT2D eigenvalue weighted by molar-refractivity contribution is -0.132. The van der Waals surface area contributed by atoms with Crippen molar-refractivity contribution >= 4 is 33.7 Å². The summed E-state index contributed by atoms with van der Waals surface area (Å²) in [4.78, 5) is 12.9. The molecule has 3 rings (SSSR count). The van der Waals surface area contributed by atoms with Crippen LogP contribution >= 0.6 is 27.7 Å². The Balaban J connectivity index is 1.89. The Morgan fingerprint density at radius 2 is 1.78 bits per heavy atom. The second-order valence-electron chi connectivity index (χ2n) is 3.91. The zero-order valence-electron chi connectivity index (χ0n) is 9.30. The van der Waals surface area contributed by atoms with Crippen LogP contribution < -0.4 is 4.74 Å². The van der Waals surface area contributed by atoms with Crippen molar-refractivity contribution in [2.75, 3.05) is 0 Å². The van der Waals surface area contributed by atoms with E-state index >= 15 is 0 Å². The van der Waals surface area contributed by atoms with Crippen LogP contribution in [-0.4, -0.2) is 5.97 Å². The summed E-state index contributed by atoms with van der Waals surface area (Å²) in [5, 5.41) is -0.262. The lowest BCUT2D eigenvalue weighted by Gasteiger charge is -2.06. The lowest BCUT2D eigenvalue weighted by atomic mass is 10.2.